The van der Waals surface area contributed by atoms with Crippen LogP contribution in [0.25, 0.3) is 21.9 Å². The number of hydrogen-bond acceptors (Lipinski definition) is 3. The molecule has 0 saturated heterocycles. The molecule has 5 nitrogen and oxygen atoms in total. The maximum absolute atomic E-state index is 13.1. The lowest BCUT2D eigenvalue weighted by Gasteiger charge is -2.06. The SMILES string of the molecule is Cc1ccc2nc3c(cc2c1)c(NC(=O)c1ccc(F)cc1)nn3CC(C)C. The van der Waals surface area contributed by atoms with E-state index in [1.165, 1.54) is 24.3 Å². The van der Waals surface area contributed by atoms with Crippen LogP contribution in [0.5, 0.6) is 0 Å². The van der Waals surface area contributed by atoms with Crippen LogP contribution in [0, 0.1) is 18.7 Å². The first-order valence-electron chi connectivity index (χ1n) is 9.25. The van der Waals surface area contributed by atoms with Gasteiger partial charge in [0.15, 0.2) is 11.5 Å². The Labute approximate surface area is 162 Å². The standard InChI is InChI=1S/C22H21FN4O/c1-13(2)12-27-21-18(11-16-10-14(3)4-9-19(16)24-21)20(26-27)25-22(28)15-5-7-17(23)8-6-15/h4-11,13H,12H2,1-3H3,(H,25,26,28). The first-order chi connectivity index (χ1) is 13.4. The second-order valence-electron chi connectivity index (χ2n) is 7.44. The quantitative estimate of drug-likeness (QED) is 0.549. The maximum atomic E-state index is 13.1. The Morgan fingerprint density at radius 1 is 1.14 bits per heavy atom. The normalized spacial score (nSPS) is 11.5. The number of carbonyl (C=O) groups excluding carboxylic acids is 1. The first-order valence-corrected chi connectivity index (χ1v) is 9.25. The van der Waals surface area contributed by atoms with Crippen molar-refractivity contribution in [1.29, 1.82) is 0 Å². The summed E-state index contributed by atoms with van der Waals surface area (Å²) in [6.07, 6.45) is 0. The highest BCUT2D eigenvalue weighted by atomic mass is 19.1. The average molecular weight is 376 g/mol. The van der Waals surface area contributed by atoms with Gasteiger partial charge in [0.05, 0.1) is 10.9 Å². The summed E-state index contributed by atoms with van der Waals surface area (Å²) in [6, 6.07) is 13.5. The number of aryl methyl sites for hydroxylation is 1. The predicted octanol–water partition coefficient (Wildman–Crippen LogP) is 4.94. The van der Waals surface area contributed by atoms with Crippen LogP contribution >= 0.6 is 0 Å². The second-order valence-corrected chi connectivity index (χ2v) is 7.44. The molecule has 2 aromatic heterocycles. The van der Waals surface area contributed by atoms with Crippen molar-refractivity contribution in [2.24, 2.45) is 5.92 Å². The van der Waals surface area contributed by atoms with E-state index in [0.29, 0.717) is 23.8 Å². The smallest absolute Gasteiger partial charge is 0.256 e. The number of aromatic nitrogens is 3. The van der Waals surface area contributed by atoms with Crippen molar-refractivity contribution in [3.05, 3.63) is 65.5 Å². The number of hydrogen-bond donors (Lipinski definition) is 1. The van der Waals surface area contributed by atoms with E-state index in [1.807, 2.05) is 29.8 Å². The molecule has 0 bridgehead atoms. The fraction of sp³-hybridized carbons (Fsp3) is 0.227. The highest BCUT2D eigenvalue weighted by Gasteiger charge is 2.17. The van der Waals surface area contributed by atoms with E-state index in [9.17, 15) is 9.18 Å². The molecule has 2 aromatic carbocycles. The van der Waals surface area contributed by atoms with E-state index in [-0.39, 0.29) is 11.7 Å². The minimum absolute atomic E-state index is 0.333. The molecule has 0 saturated carbocycles. The van der Waals surface area contributed by atoms with Gasteiger partial charge < -0.3 is 5.32 Å². The van der Waals surface area contributed by atoms with Gasteiger partial charge in [-0.3, -0.25) is 4.79 Å². The van der Waals surface area contributed by atoms with Crippen LogP contribution in [0.15, 0.2) is 48.5 Å². The van der Waals surface area contributed by atoms with Crippen molar-refractivity contribution in [3.63, 3.8) is 0 Å². The minimum Gasteiger partial charge on any atom is -0.305 e. The Kier molecular flexibility index (Phi) is 4.55. The van der Waals surface area contributed by atoms with Gasteiger partial charge in [-0.1, -0.05) is 25.5 Å². The molecule has 0 fully saturated rings. The van der Waals surface area contributed by atoms with Crippen LogP contribution in [0.3, 0.4) is 0 Å². The number of amides is 1. The summed E-state index contributed by atoms with van der Waals surface area (Å²) < 4.78 is 15.0. The molecule has 142 valence electrons. The second kappa shape index (κ2) is 7.03. The summed E-state index contributed by atoms with van der Waals surface area (Å²) in [5.74, 6) is 0.120. The summed E-state index contributed by atoms with van der Waals surface area (Å²) >= 11 is 0. The average Bonchev–Trinajstić information content (AvgIpc) is 2.96. The third-order valence-corrected chi connectivity index (χ3v) is 4.55. The molecule has 0 radical (unpaired) electrons. The van der Waals surface area contributed by atoms with E-state index >= 15 is 0 Å². The number of anilines is 1. The first kappa shape index (κ1) is 18.1. The molecular weight excluding hydrogens is 355 g/mol. The van der Waals surface area contributed by atoms with Crippen LogP contribution in [0.4, 0.5) is 10.2 Å². The molecule has 1 N–H and O–H groups in total. The molecule has 4 rings (SSSR count). The Balaban J connectivity index is 1.81. The number of carbonyl (C=O) groups is 1. The number of halogens is 1. The molecule has 0 unspecified atom stereocenters. The van der Waals surface area contributed by atoms with Gasteiger partial charge in [-0.25, -0.2) is 14.1 Å². The van der Waals surface area contributed by atoms with Gasteiger partial charge in [0, 0.05) is 17.5 Å². The number of nitrogens with one attached hydrogen (secondary N) is 1. The largest absolute Gasteiger partial charge is 0.305 e. The van der Waals surface area contributed by atoms with Crippen LogP contribution < -0.4 is 5.32 Å². The number of benzene rings is 2. The van der Waals surface area contributed by atoms with Crippen molar-refractivity contribution in [2.75, 3.05) is 5.32 Å². The third kappa shape index (κ3) is 3.45. The van der Waals surface area contributed by atoms with E-state index in [2.05, 4.69) is 30.3 Å². The molecule has 1 amide bonds. The summed E-state index contributed by atoms with van der Waals surface area (Å²) in [5.41, 5.74) is 3.14. The van der Waals surface area contributed by atoms with Crippen molar-refractivity contribution in [3.8, 4) is 0 Å². The zero-order valence-corrected chi connectivity index (χ0v) is 16.0. The molecular formula is C22H21FN4O. The summed E-state index contributed by atoms with van der Waals surface area (Å²) in [5, 5.41) is 9.25. The number of rotatable bonds is 4. The van der Waals surface area contributed by atoms with Gasteiger partial charge in [-0.05, 0) is 55.3 Å². The Morgan fingerprint density at radius 2 is 1.89 bits per heavy atom. The van der Waals surface area contributed by atoms with Gasteiger partial charge in [0.2, 0.25) is 0 Å². The maximum Gasteiger partial charge on any atom is 0.256 e. The van der Waals surface area contributed by atoms with Crippen LogP contribution in [0.1, 0.15) is 29.8 Å². The Morgan fingerprint density at radius 3 is 2.61 bits per heavy atom. The highest BCUT2D eigenvalue weighted by Crippen LogP contribution is 2.27. The summed E-state index contributed by atoms with van der Waals surface area (Å²) in [6.45, 7) is 6.93. The zero-order valence-electron chi connectivity index (χ0n) is 16.0. The van der Waals surface area contributed by atoms with E-state index in [0.717, 1.165) is 27.5 Å². The number of pyridine rings is 1. The molecule has 4 aromatic rings. The van der Waals surface area contributed by atoms with Gasteiger partial charge in [-0.15, -0.1) is 0 Å². The van der Waals surface area contributed by atoms with Crippen LogP contribution in [0.2, 0.25) is 0 Å². The number of nitrogens with zero attached hydrogens (tertiary/aromatic N) is 3. The zero-order chi connectivity index (χ0) is 19.8. The highest BCUT2D eigenvalue weighted by molar-refractivity contribution is 6.08. The molecule has 0 aliphatic carbocycles. The van der Waals surface area contributed by atoms with Crippen molar-refractivity contribution < 1.29 is 9.18 Å². The molecule has 6 heteroatoms. The van der Waals surface area contributed by atoms with E-state index < -0.39 is 0 Å². The van der Waals surface area contributed by atoms with Gasteiger partial charge >= 0.3 is 0 Å². The number of fused-ring (bicyclic) bond motifs is 2. The molecule has 0 atom stereocenters. The van der Waals surface area contributed by atoms with Gasteiger partial charge in [-0.2, -0.15) is 5.10 Å². The predicted molar refractivity (Wildman–Crippen MR) is 109 cm³/mol. The molecule has 0 spiro atoms. The fourth-order valence-electron chi connectivity index (χ4n) is 3.23. The van der Waals surface area contributed by atoms with Crippen molar-refractivity contribution >= 4 is 33.7 Å². The Hall–Kier alpha value is -3.28. The Bertz CT molecular complexity index is 1180. The molecule has 2 heterocycles. The lowest BCUT2D eigenvalue weighted by molar-refractivity contribution is 0.102. The topological polar surface area (TPSA) is 59.8 Å². The van der Waals surface area contributed by atoms with Crippen LogP contribution in [-0.4, -0.2) is 20.7 Å². The molecule has 0 aliphatic heterocycles. The molecule has 28 heavy (non-hydrogen) atoms. The van der Waals surface area contributed by atoms with Crippen LogP contribution in [-0.2, 0) is 6.54 Å². The minimum atomic E-state index is -0.380. The van der Waals surface area contributed by atoms with E-state index in [4.69, 9.17) is 4.98 Å². The van der Waals surface area contributed by atoms with Crippen molar-refractivity contribution in [2.45, 2.75) is 27.3 Å². The van der Waals surface area contributed by atoms with E-state index in [1.54, 1.807) is 0 Å². The monoisotopic (exact) mass is 376 g/mol. The lowest BCUT2D eigenvalue weighted by atomic mass is 10.1. The van der Waals surface area contributed by atoms with Gasteiger partial charge in [0.25, 0.3) is 5.91 Å². The summed E-state index contributed by atoms with van der Waals surface area (Å²) in [4.78, 5) is 17.4. The lowest BCUT2D eigenvalue weighted by Crippen LogP contribution is -2.13. The van der Waals surface area contributed by atoms with Gasteiger partial charge in [0.1, 0.15) is 5.82 Å². The third-order valence-electron chi connectivity index (χ3n) is 4.55. The van der Waals surface area contributed by atoms with Crippen molar-refractivity contribution in [1.82, 2.24) is 14.8 Å². The fourth-order valence-corrected chi connectivity index (χ4v) is 3.23. The molecule has 0 aliphatic rings. The summed E-state index contributed by atoms with van der Waals surface area (Å²) in [7, 11) is 0.